The molecule has 0 saturated heterocycles. The summed E-state index contributed by atoms with van der Waals surface area (Å²) in [5.74, 6) is 1.52. The lowest BCUT2D eigenvalue weighted by Crippen LogP contribution is -2.32. The van der Waals surface area contributed by atoms with Crippen LogP contribution in [-0.4, -0.2) is 13.8 Å². The van der Waals surface area contributed by atoms with Crippen LogP contribution in [0.2, 0.25) is 0 Å². The maximum Gasteiger partial charge on any atom is 0.336 e. The van der Waals surface area contributed by atoms with Crippen LogP contribution < -0.4 is 20.0 Å². The fraction of sp³-hybridized carbons (Fsp3) is 0.192. The summed E-state index contributed by atoms with van der Waals surface area (Å²) in [6, 6.07) is 19.6. The number of aryl methyl sites for hydroxylation is 2. The summed E-state index contributed by atoms with van der Waals surface area (Å²) in [7, 11) is 1.63. The highest BCUT2D eigenvalue weighted by molar-refractivity contribution is 5.96. The number of rotatable bonds is 3. The second-order valence-electron chi connectivity index (χ2n) is 7.94. The van der Waals surface area contributed by atoms with Crippen molar-refractivity contribution in [3.05, 3.63) is 87.8 Å². The minimum atomic E-state index is -0.379. The third kappa shape index (κ3) is 3.52. The van der Waals surface area contributed by atoms with E-state index in [2.05, 4.69) is 36.9 Å². The Morgan fingerprint density at radius 2 is 1.68 bits per heavy atom. The van der Waals surface area contributed by atoms with Crippen LogP contribution in [0.3, 0.4) is 0 Å². The number of ether oxygens (including phenoxy) is 2. The van der Waals surface area contributed by atoms with Gasteiger partial charge in [-0.1, -0.05) is 18.2 Å². The summed E-state index contributed by atoms with van der Waals surface area (Å²) >= 11 is 0. The summed E-state index contributed by atoms with van der Waals surface area (Å²) in [4.78, 5) is 14.6. The zero-order valence-corrected chi connectivity index (χ0v) is 17.8. The van der Waals surface area contributed by atoms with Crippen molar-refractivity contribution in [3.63, 3.8) is 0 Å². The molecule has 156 valence electrons. The molecule has 0 aliphatic carbocycles. The summed E-state index contributed by atoms with van der Waals surface area (Å²) in [6.45, 7) is 5.23. The molecule has 0 radical (unpaired) electrons. The quantitative estimate of drug-likeness (QED) is 0.419. The first-order valence-electron chi connectivity index (χ1n) is 10.2. The van der Waals surface area contributed by atoms with Crippen molar-refractivity contribution in [1.29, 1.82) is 0 Å². The zero-order valence-electron chi connectivity index (χ0n) is 17.8. The number of methoxy groups -OCH3 is 1. The first-order chi connectivity index (χ1) is 15.0. The van der Waals surface area contributed by atoms with Gasteiger partial charge in [0.05, 0.1) is 19.2 Å². The Hall–Kier alpha value is -3.73. The predicted molar refractivity (Wildman–Crippen MR) is 122 cm³/mol. The van der Waals surface area contributed by atoms with E-state index in [9.17, 15) is 4.79 Å². The van der Waals surface area contributed by atoms with Crippen LogP contribution in [0.5, 0.6) is 11.5 Å². The Kier molecular flexibility index (Phi) is 4.66. The van der Waals surface area contributed by atoms with E-state index in [-0.39, 0.29) is 5.63 Å². The van der Waals surface area contributed by atoms with Crippen molar-refractivity contribution < 1.29 is 13.9 Å². The molecule has 2 heterocycles. The van der Waals surface area contributed by atoms with E-state index in [0.29, 0.717) is 18.9 Å². The Bertz CT molecular complexity index is 1320. The molecule has 1 aliphatic heterocycles. The van der Waals surface area contributed by atoms with Gasteiger partial charge in [0.1, 0.15) is 17.1 Å². The highest BCUT2D eigenvalue weighted by Crippen LogP contribution is 2.37. The van der Waals surface area contributed by atoms with Gasteiger partial charge in [-0.2, -0.15) is 0 Å². The van der Waals surface area contributed by atoms with Gasteiger partial charge in [-0.25, -0.2) is 4.79 Å². The van der Waals surface area contributed by atoms with E-state index < -0.39 is 0 Å². The molecule has 0 spiro atoms. The largest absolute Gasteiger partial charge is 0.497 e. The van der Waals surface area contributed by atoms with Gasteiger partial charge in [-0.3, -0.25) is 0 Å². The van der Waals surface area contributed by atoms with Crippen molar-refractivity contribution in [2.75, 3.05) is 18.7 Å². The lowest BCUT2D eigenvalue weighted by molar-refractivity contribution is 0.289. The van der Waals surface area contributed by atoms with Gasteiger partial charge >= 0.3 is 5.63 Å². The third-order valence-corrected chi connectivity index (χ3v) is 5.67. The van der Waals surface area contributed by atoms with E-state index in [1.54, 1.807) is 13.2 Å². The second-order valence-corrected chi connectivity index (χ2v) is 7.94. The molecule has 0 saturated carbocycles. The van der Waals surface area contributed by atoms with Gasteiger partial charge in [0.25, 0.3) is 0 Å². The normalized spacial score (nSPS) is 13.1. The first-order valence-corrected chi connectivity index (χ1v) is 10.2. The van der Waals surface area contributed by atoms with E-state index >= 15 is 0 Å². The Morgan fingerprint density at radius 1 is 0.935 bits per heavy atom. The van der Waals surface area contributed by atoms with Gasteiger partial charge in [0.2, 0.25) is 0 Å². The smallest absolute Gasteiger partial charge is 0.336 e. The lowest BCUT2D eigenvalue weighted by Gasteiger charge is -2.31. The average molecular weight is 413 g/mol. The molecular weight excluding hydrogens is 390 g/mol. The maximum atomic E-state index is 12.5. The summed E-state index contributed by atoms with van der Waals surface area (Å²) in [5.41, 5.74) is 6.34. The highest BCUT2D eigenvalue weighted by atomic mass is 16.5. The van der Waals surface area contributed by atoms with Gasteiger partial charge in [0, 0.05) is 17.1 Å². The lowest BCUT2D eigenvalue weighted by atomic mass is 9.99. The molecule has 5 rings (SSSR count). The average Bonchev–Trinajstić information content (AvgIpc) is 2.77. The predicted octanol–water partition coefficient (Wildman–Crippen LogP) is 5.44. The second kappa shape index (κ2) is 7.51. The van der Waals surface area contributed by atoms with E-state index in [0.717, 1.165) is 39.3 Å². The number of hydrogen-bond donors (Lipinski definition) is 0. The van der Waals surface area contributed by atoms with E-state index in [1.807, 2.05) is 36.4 Å². The van der Waals surface area contributed by atoms with Crippen LogP contribution in [0.4, 0.5) is 5.69 Å². The summed E-state index contributed by atoms with van der Waals surface area (Å²) in [5, 5.41) is 0.884. The van der Waals surface area contributed by atoms with Crippen molar-refractivity contribution >= 4 is 16.7 Å². The minimum absolute atomic E-state index is 0.379. The van der Waals surface area contributed by atoms with Crippen LogP contribution >= 0.6 is 0 Å². The van der Waals surface area contributed by atoms with Crippen molar-refractivity contribution in [3.8, 4) is 22.6 Å². The van der Waals surface area contributed by atoms with Crippen LogP contribution in [0.1, 0.15) is 16.7 Å². The first kappa shape index (κ1) is 19.2. The SMILES string of the molecule is COc1ccc(-c2cc(=O)oc3c4c(ccc23)OCN(c2cc(C)cc(C)c2)C4)cc1. The standard InChI is InChI=1S/C26H23NO4/c1-16-10-17(2)12-19(11-16)27-14-23-24(30-15-27)9-8-21-22(13-25(28)31-26(21)23)18-4-6-20(29-3)7-5-18/h4-13H,14-15H2,1-3H3. The van der Waals surface area contributed by atoms with Crippen LogP contribution in [0.15, 0.2) is 69.9 Å². The monoisotopic (exact) mass is 413 g/mol. The molecule has 0 unspecified atom stereocenters. The molecule has 1 aromatic heterocycles. The molecule has 0 fully saturated rings. The Morgan fingerprint density at radius 3 is 2.39 bits per heavy atom. The molecule has 3 aromatic carbocycles. The number of hydrogen-bond acceptors (Lipinski definition) is 5. The van der Waals surface area contributed by atoms with Crippen molar-refractivity contribution in [2.24, 2.45) is 0 Å². The molecular formula is C26H23NO4. The zero-order chi connectivity index (χ0) is 21.5. The molecule has 31 heavy (non-hydrogen) atoms. The van der Waals surface area contributed by atoms with Gasteiger partial charge in [0.15, 0.2) is 6.73 Å². The van der Waals surface area contributed by atoms with Crippen molar-refractivity contribution in [2.45, 2.75) is 20.4 Å². The number of benzene rings is 3. The van der Waals surface area contributed by atoms with Crippen LogP contribution in [0.25, 0.3) is 22.1 Å². The molecule has 0 amide bonds. The fourth-order valence-electron chi connectivity index (χ4n) is 4.24. The summed E-state index contributed by atoms with van der Waals surface area (Å²) in [6.07, 6.45) is 0. The van der Waals surface area contributed by atoms with Crippen LogP contribution in [-0.2, 0) is 6.54 Å². The molecule has 0 N–H and O–H groups in total. The highest BCUT2D eigenvalue weighted by Gasteiger charge is 2.23. The van der Waals surface area contributed by atoms with Gasteiger partial charge in [-0.15, -0.1) is 0 Å². The number of nitrogens with zero attached hydrogens (tertiary/aromatic N) is 1. The van der Waals surface area contributed by atoms with E-state index in [1.165, 1.54) is 11.1 Å². The minimum Gasteiger partial charge on any atom is -0.497 e. The Balaban J connectivity index is 1.63. The van der Waals surface area contributed by atoms with Gasteiger partial charge in [-0.05, 0) is 72.5 Å². The maximum absolute atomic E-state index is 12.5. The Labute approximate surface area is 180 Å². The molecule has 4 aromatic rings. The van der Waals surface area contributed by atoms with Crippen LogP contribution in [0, 0.1) is 13.8 Å². The third-order valence-electron chi connectivity index (χ3n) is 5.67. The molecule has 0 bridgehead atoms. The molecule has 0 atom stereocenters. The fourth-order valence-corrected chi connectivity index (χ4v) is 4.24. The number of fused-ring (bicyclic) bond motifs is 3. The van der Waals surface area contributed by atoms with Crippen molar-refractivity contribution in [1.82, 2.24) is 0 Å². The topological polar surface area (TPSA) is 51.9 Å². The van der Waals surface area contributed by atoms with E-state index in [4.69, 9.17) is 13.9 Å². The molecule has 5 heteroatoms. The van der Waals surface area contributed by atoms with Gasteiger partial charge < -0.3 is 18.8 Å². The number of anilines is 1. The molecule has 1 aliphatic rings. The summed E-state index contributed by atoms with van der Waals surface area (Å²) < 4.78 is 17.0. The molecule has 5 nitrogen and oxygen atoms in total.